The minimum absolute atomic E-state index is 0.0260. The standard InChI is InChI=1S/C28H32N3O10P/c1-2-21(25(34)37-17-19-9-5-3-6-10-19)30-42(36,41-20-11-7-4-8-12-20)39-18-22-24(33)28(14-16-38-28)26(40-22)31-15-13-23(32)29-27(31)35/h3-13,15,21-22,24,26,33H,2,14,16-18H2,1H3,(H,30,36)(H,29,32,35)/t21-,22+,24+,26+,28+,42+/m0/s1. The molecule has 1 aromatic heterocycles. The highest BCUT2D eigenvalue weighted by Gasteiger charge is 2.62. The number of ether oxygens (including phenoxy) is 3. The number of benzene rings is 2. The summed E-state index contributed by atoms with van der Waals surface area (Å²) in [5.41, 5.74) is -1.82. The molecule has 224 valence electrons. The van der Waals surface area contributed by atoms with Crippen LogP contribution >= 0.6 is 7.75 Å². The number of aliphatic hydroxyl groups is 1. The number of rotatable bonds is 12. The van der Waals surface area contributed by atoms with Crippen molar-refractivity contribution in [1.82, 2.24) is 14.6 Å². The molecule has 0 amide bonds. The molecule has 6 atom stereocenters. The highest BCUT2D eigenvalue weighted by Crippen LogP contribution is 2.50. The smallest absolute Gasteiger partial charge is 0.459 e. The van der Waals surface area contributed by atoms with Crippen LogP contribution in [0.25, 0.3) is 0 Å². The molecule has 0 unspecified atom stereocenters. The van der Waals surface area contributed by atoms with Crippen molar-refractivity contribution in [2.45, 2.75) is 56.5 Å². The van der Waals surface area contributed by atoms with Gasteiger partial charge in [0.25, 0.3) is 5.56 Å². The summed E-state index contributed by atoms with van der Waals surface area (Å²) in [7, 11) is -4.28. The fraction of sp³-hybridized carbons (Fsp3) is 0.393. The fourth-order valence-electron chi connectivity index (χ4n) is 4.84. The lowest BCUT2D eigenvalue weighted by Gasteiger charge is -2.44. The molecule has 2 aromatic carbocycles. The lowest BCUT2D eigenvalue weighted by Crippen LogP contribution is -2.57. The molecule has 5 rings (SSSR count). The van der Waals surface area contributed by atoms with E-state index in [-0.39, 0.29) is 18.8 Å². The summed E-state index contributed by atoms with van der Waals surface area (Å²) in [6.07, 6.45) is -1.65. The molecule has 2 aliphatic rings. The van der Waals surface area contributed by atoms with Crippen LogP contribution in [0.4, 0.5) is 0 Å². The van der Waals surface area contributed by atoms with Gasteiger partial charge in [0.05, 0.1) is 13.2 Å². The van der Waals surface area contributed by atoms with E-state index in [2.05, 4.69) is 10.1 Å². The Hall–Kier alpha value is -3.58. The maximum absolute atomic E-state index is 14.1. The molecule has 3 N–H and O–H groups in total. The molecule has 14 heteroatoms. The average molecular weight is 602 g/mol. The van der Waals surface area contributed by atoms with Gasteiger partial charge in [-0.1, -0.05) is 55.5 Å². The van der Waals surface area contributed by atoms with Gasteiger partial charge in [-0.25, -0.2) is 9.36 Å². The third kappa shape index (κ3) is 6.41. The first-order valence-electron chi connectivity index (χ1n) is 13.5. The molecule has 0 aliphatic carbocycles. The number of esters is 1. The first kappa shape index (κ1) is 29.9. The van der Waals surface area contributed by atoms with E-state index in [1.807, 2.05) is 30.3 Å². The Bertz CT molecular complexity index is 1530. The van der Waals surface area contributed by atoms with Gasteiger partial charge in [0.15, 0.2) is 6.23 Å². The van der Waals surface area contributed by atoms with Gasteiger partial charge in [-0.05, 0) is 24.1 Å². The number of aromatic nitrogens is 2. The van der Waals surface area contributed by atoms with Gasteiger partial charge in [-0.2, -0.15) is 5.09 Å². The summed E-state index contributed by atoms with van der Waals surface area (Å²) < 4.78 is 43.8. The lowest BCUT2D eigenvalue weighted by molar-refractivity contribution is -0.227. The quantitative estimate of drug-likeness (QED) is 0.206. The van der Waals surface area contributed by atoms with Crippen LogP contribution in [-0.2, 0) is 34.7 Å². The number of aromatic amines is 1. The van der Waals surface area contributed by atoms with Crippen LogP contribution in [0.3, 0.4) is 0 Å². The predicted molar refractivity (Wildman–Crippen MR) is 149 cm³/mol. The van der Waals surface area contributed by atoms with E-state index in [1.165, 1.54) is 6.20 Å². The summed E-state index contributed by atoms with van der Waals surface area (Å²) in [5, 5.41) is 13.9. The molecule has 13 nitrogen and oxygen atoms in total. The zero-order valence-electron chi connectivity index (χ0n) is 22.8. The van der Waals surface area contributed by atoms with Crippen LogP contribution < -0.4 is 20.9 Å². The summed E-state index contributed by atoms with van der Waals surface area (Å²) in [6, 6.07) is 17.5. The zero-order chi connectivity index (χ0) is 29.7. The van der Waals surface area contributed by atoms with Crippen LogP contribution in [0.1, 0.15) is 31.6 Å². The third-order valence-electron chi connectivity index (χ3n) is 7.15. The second-order valence-corrected chi connectivity index (χ2v) is 11.6. The molecular formula is C28H32N3O10P. The average Bonchev–Trinajstić information content (AvgIpc) is 3.27. The summed E-state index contributed by atoms with van der Waals surface area (Å²) in [6.45, 7) is 1.61. The van der Waals surface area contributed by atoms with Crippen molar-refractivity contribution >= 4 is 13.7 Å². The number of aliphatic hydroxyl groups excluding tert-OH is 1. The molecule has 0 radical (unpaired) electrons. The molecular weight excluding hydrogens is 569 g/mol. The Morgan fingerprint density at radius 1 is 1.17 bits per heavy atom. The van der Waals surface area contributed by atoms with Crippen molar-refractivity contribution in [2.24, 2.45) is 0 Å². The van der Waals surface area contributed by atoms with E-state index in [0.29, 0.717) is 13.0 Å². The molecule has 3 heterocycles. The van der Waals surface area contributed by atoms with Crippen LogP contribution in [0.2, 0.25) is 0 Å². The van der Waals surface area contributed by atoms with Gasteiger partial charge in [-0.15, -0.1) is 0 Å². The molecule has 42 heavy (non-hydrogen) atoms. The number of para-hydroxylation sites is 1. The zero-order valence-corrected chi connectivity index (χ0v) is 23.7. The topological polar surface area (TPSA) is 167 Å². The monoisotopic (exact) mass is 601 g/mol. The Morgan fingerprint density at radius 3 is 2.48 bits per heavy atom. The van der Waals surface area contributed by atoms with Crippen molar-refractivity contribution in [1.29, 1.82) is 0 Å². The number of nitrogens with zero attached hydrogens (tertiary/aromatic N) is 1. The van der Waals surface area contributed by atoms with Gasteiger partial charge >= 0.3 is 19.4 Å². The number of hydrogen-bond acceptors (Lipinski definition) is 10. The van der Waals surface area contributed by atoms with Gasteiger partial charge in [0.1, 0.15) is 36.2 Å². The largest absolute Gasteiger partial charge is 0.460 e. The van der Waals surface area contributed by atoms with Crippen molar-refractivity contribution in [3.05, 3.63) is 99.3 Å². The number of hydrogen-bond donors (Lipinski definition) is 3. The molecule has 2 saturated heterocycles. The minimum atomic E-state index is -4.28. The Morgan fingerprint density at radius 2 is 1.86 bits per heavy atom. The summed E-state index contributed by atoms with van der Waals surface area (Å²) in [5.74, 6) is -0.441. The van der Waals surface area contributed by atoms with E-state index >= 15 is 0 Å². The summed E-state index contributed by atoms with van der Waals surface area (Å²) in [4.78, 5) is 39.1. The molecule has 3 aromatic rings. The van der Waals surface area contributed by atoms with Gasteiger partial charge < -0.3 is 23.8 Å². The van der Waals surface area contributed by atoms with Crippen LogP contribution in [0, 0.1) is 0 Å². The van der Waals surface area contributed by atoms with Crippen molar-refractivity contribution < 1.29 is 37.7 Å². The Kier molecular flexibility index (Phi) is 9.07. The highest BCUT2D eigenvalue weighted by molar-refractivity contribution is 7.52. The second kappa shape index (κ2) is 12.7. The molecule has 2 aliphatic heterocycles. The van der Waals surface area contributed by atoms with Crippen LogP contribution in [0.5, 0.6) is 5.75 Å². The van der Waals surface area contributed by atoms with E-state index in [0.717, 1.165) is 16.2 Å². The first-order chi connectivity index (χ1) is 20.2. The van der Waals surface area contributed by atoms with E-state index in [4.69, 9.17) is 23.3 Å². The van der Waals surface area contributed by atoms with Gasteiger partial charge in [0, 0.05) is 18.7 Å². The molecule has 0 saturated carbocycles. The first-order valence-corrected chi connectivity index (χ1v) is 15.0. The van der Waals surface area contributed by atoms with E-state index in [1.54, 1.807) is 37.3 Å². The van der Waals surface area contributed by atoms with Gasteiger partial charge in [-0.3, -0.25) is 23.7 Å². The highest BCUT2D eigenvalue weighted by atomic mass is 31.2. The maximum Gasteiger partial charge on any atom is 0.459 e. The number of carbonyl (C=O) groups excluding carboxylic acids is 1. The Labute approximate surface area is 240 Å². The van der Waals surface area contributed by atoms with Crippen LogP contribution in [-0.4, -0.2) is 57.7 Å². The molecule has 1 spiro atoms. The SMILES string of the molecule is CC[C@H](N[P@@](=O)(OC[C@H]1O[C@@H](n2ccc(=O)[nH]c2=O)[C@@]2(CCO2)[C@@H]1O)Oc1ccccc1)C(=O)OCc1ccccc1. The van der Waals surface area contributed by atoms with Crippen molar-refractivity contribution in [2.75, 3.05) is 13.2 Å². The number of H-pyrrole nitrogens is 1. The Balaban J connectivity index is 1.32. The second-order valence-electron chi connectivity index (χ2n) is 9.92. The van der Waals surface area contributed by atoms with Crippen molar-refractivity contribution in [3.8, 4) is 5.75 Å². The number of carbonyl (C=O) groups is 1. The van der Waals surface area contributed by atoms with E-state index < -0.39 is 61.7 Å². The normalized spacial score (nSPS) is 25.3. The van der Waals surface area contributed by atoms with Crippen molar-refractivity contribution in [3.63, 3.8) is 0 Å². The van der Waals surface area contributed by atoms with E-state index in [9.17, 15) is 24.1 Å². The van der Waals surface area contributed by atoms with Gasteiger partial charge in [0.2, 0.25) is 0 Å². The number of nitrogens with one attached hydrogen (secondary N) is 2. The van der Waals surface area contributed by atoms with Crippen LogP contribution in [0.15, 0.2) is 82.5 Å². The minimum Gasteiger partial charge on any atom is -0.460 e. The summed E-state index contributed by atoms with van der Waals surface area (Å²) >= 11 is 0. The predicted octanol–water partition coefficient (Wildman–Crippen LogP) is 2.27. The third-order valence-corrected chi connectivity index (χ3v) is 8.72. The molecule has 0 bridgehead atoms. The fourth-order valence-corrected chi connectivity index (χ4v) is 6.43. The lowest BCUT2D eigenvalue weighted by atomic mass is 9.86. The maximum atomic E-state index is 14.1. The molecule has 2 fully saturated rings.